The van der Waals surface area contributed by atoms with Crippen molar-refractivity contribution in [3.63, 3.8) is 0 Å². The fourth-order valence-corrected chi connectivity index (χ4v) is 2.52. The summed E-state index contributed by atoms with van der Waals surface area (Å²) in [6, 6.07) is 2.15. The second-order valence-corrected chi connectivity index (χ2v) is 4.86. The molecule has 1 aromatic carbocycles. The summed E-state index contributed by atoms with van der Waals surface area (Å²) in [4.78, 5) is 13.9. The molecule has 1 unspecified atom stereocenters. The molecule has 1 rings (SSSR count). The topological polar surface area (TPSA) is 65.8 Å². The second kappa shape index (κ2) is 5.69. The molecule has 0 radical (unpaired) electrons. The molecule has 1 atom stereocenters. The zero-order chi connectivity index (χ0) is 13.9. The van der Waals surface area contributed by atoms with Crippen LogP contribution in [-0.4, -0.2) is 5.91 Å². The van der Waals surface area contributed by atoms with Crippen LogP contribution >= 0.6 is 0 Å². The number of amides is 1. The third-order valence-electron chi connectivity index (χ3n) is 3.55. The quantitative estimate of drug-likeness (QED) is 0.446. The van der Waals surface area contributed by atoms with Crippen LogP contribution in [0.1, 0.15) is 47.1 Å². The number of aryl methyl sites for hydroxylation is 2. The Morgan fingerprint density at radius 2 is 1.89 bits per heavy atom. The molecule has 0 aliphatic carbocycles. The normalized spacial score (nSPS) is 11.8. The molecule has 1 aromatic rings. The van der Waals surface area contributed by atoms with Crippen molar-refractivity contribution < 1.29 is 4.79 Å². The van der Waals surface area contributed by atoms with Crippen molar-refractivity contribution >= 4 is 5.91 Å². The molecule has 0 bridgehead atoms. The molecule has 0 N–H and O–H groups in total. The molecule has 0 fully saturated rings. The van der Waals surface area contributed by atoms with Gasteiger partial charge < -0.3 is 0 Å². The van der Waals surface area contributed by atoms with Gasteiger partial charge >= 0.3 is 0 Å². The van der Waals surface area contributed by atoms with E-state index in [4.69, 9.17) is 5.53 Å². The summed E-state index contributed by atoms with van der Waals surface area (Å²) in [5, 5.41) is 3.13. The summed E-state index contributed by atoms with van der Waals surface area (Å²) in [5.74, 6) is -0.329. The molecule has 0 heterocycles. The third-order valence-corrected chi connectivity index (χ3v) is 3.55. The number of rotatable bonds is 3. The fourth-order valence-electron chi connectivity index (χ4n) is 2.52. The Bertz CT molecular complexity index is 528. The van der Waals surface area contributed by atoms with Crippen molar-refractivity contribution in [1.82, 2.24) is 0 Å². The predicted molar refractivity (Wildman–Crippen MR) is 72.6 cm³/mol. The van der Waals surface area contributed by atoms with Crippen LogP contribution in [-0.2, 0) is 4.79 Å². The molecule has 18 heavy (non-hydrogen) atoms. The average Bonchev–Trinajstić information content (AvgIpc) is 2.26. The van der Waals surface area contributed by atoms with E-state index in [9.17, 15) is 4.79 Å². The first-order valence-corrected chi connectivity index (χ1v) is 6.03. The van der Waals surface area contributed by atoms with Gasteiger partial charge in [0.15, 0.2) is 0 Å². The molecule has 0 spiro atoms. The van der Waals surface area contributed by atoms with Gasteiger partial charge in [0, 0.05) is 11.3 Å². The van der Waals surface area contributed by atoms with Crippen LogP contribution in [0.5, 0.6) is 0 Å². The fraction of sp³-hybridized carbons (Fsp3) is 0.500. The van der Waals surface area contributed by atoms with Gasteiger partial charge in [-0.1, -0.05) is 13.0 Å². The smallest absolute Gasteiger partial charge is 0.219 e. The SMILES string of the molecule is Cc1cc(C)c(C(C)CC(=O)N=[N+]=[N-])c(C)c1C. The van der Waals surface area contributed by atoms with Gasteiger partial charge in [-0.25, -0.2) is 0 Å². The Hall–Kier alpha value is -1.80. The standard InChI is InChI=1S/C14H19N3O/c1-8-6-9(2)14(12(5)11(8)4)10(3)7-13(18)16-17-15/h6,10H,7H2,1-5H3. The summed E-state index contributed by atoms with van der Waals surface area (Å²) >= 11 is 0. The van der Waals surface area contributed by atoms with Gasteiger partial charge in [-0.3, -0.25) is 4.79 Å². The van der Waals surface area contributed by atoms with Gasteiger partial charge in [0.25, 0.3) is 0 Å². The van der Waals surface area contributed by atoms with Crippen molar-refractivity contribution in [2.45, 2.75) is 47.0 Å². The van der Waals surface area contributed by atoms with Gasteiger partial charge in [-0.05, 0) is 72.1 Å². The first kappa shape index (κ1) is 14.3. The van der Waals surface area contributed by atoms with E-state index in [2.05, 4.69) is 43.8 Å². The Morgan fingerprint density at radius 1 is 1.28 bits per heavy atom. The van der Waals surface area contributed by atoms with Crippen molar-refractivity contribution in [2.75, 3.05) is 0 Å². The van der Waals surface area contributed by atoms with Crippen LogP contribution in [0.4, 0.5) is 0 Å². The number of hydrogen-bond acceptors (Lipinski definition) is 1. The van der Waals surface area contributed by atoms with Crippen LogP contribution in [0.15, 0.2) is 11.2 Å². The molecule has 4 heteroatoms. The maximum absolute atomic E-state index is 11.4. The Morgan fingerprint density at radius 3 is 2.44 bits per heavy atom. The van der Waals surface area contributed by atoms with Gasteiger partial charge in [0.1, 0.15) is 0 Å². The minimum atomic E-state index is -0.401. The maximum atomic E-state index is 11.4. The van der Waals surface area contributed by atoms with E-state index in [1.165, 1.54) is 27.8 Å². The molecular formula is C14H19N3O. The molecule has 0 aliphatic heterocycles. The minimum Gasteiger partial charge on any atom is -0.293 e. The van der Waals surface area contributed by atoms with E-state index in [0.717, 1.165) is 0 Å². The summed E-state index contributed by atoms with van der Waals surface area (Å²) < 4.78 is 0. The molecule has 96 valence electrons. The van der Waals surface area contributed by atoms with Crippen LogP contribution in [0, 0.1) is 27.7 Å². The average molecular weight is 245 g/mol. The highest BCUT2D eigenvalue weighted by Crippen LogP contribution is 2.30. The Kier molecular flexibility index (Phi) is 4.51. The number of carbonyl (C=O) groups excluding carboxylic acids is 1. The highest BCUT2D eigenvalue weighted by atomic mass is 16.1. The van der Waals surface area contributed by atoms with Gasteiger partial charge in [-0.15, -0.1) is 0 Å². The number of carbonyl (C=O) groups is 1. The first-order valence-electron chi connectivity index (χ1n) is 6.03. The molecular weight excluding hydrogens is 226 g/mol. The van der Waals surface area contributed by atoms with Crippen LogP contribution in [0.2, 0.25) is 0 Å². The largest absolute Gasteiger partial charge is 0.293 e. The van der Waals surface area contributed by atoms with E-state index in [0.29, 0.717) is 0 Å². The summed E-state index contributed by atoms with van der Waals surface area (Å²) in [5.41, 5.74) is 14.4. The highest BCUT2D eigenvalue weighted by molar-refractivity contribution is 5.77. The number of nitrogens with zero attached hydrogens (tertiary/aromatic N) is 3. The highest BCUT2D eigenvalue weighted by Gasteiger charge is 2.16. The monoisotopic (exact) mass is 245 g/mol. The Labute approximate surface area is 108 Å². The van der Waals surface area contributed by atoms with Crippen molar-refractivity contribution in [1.29, 1.82) is 0 Å². The van der Waals surface area contributed by atoms with E-state index in [1.54, 1.807) is 0 Å². The van der Waals surface area contributed by atoms with E-state index in [-0.39, 0.29) is 12.3 Å². The summed E-state index contributed by atoms with van der Waals surface area (Å²) in [6.45, 7) is 10.3. The van der Waals surface area contributed by atoms with Crippen molar-refractivity contribution in [3.8, 4) is 0 Å². The lowest BCUT2D eigenvalue weighted by Crippen LogP contribution is -2.07. The number of benzene rings is 1. The first-order chi connectivity index (χ1) is 8.38. The van der Waals surface area contributed by atoms with Crippen LogP contribution in [0.3, 0.4) is 0 Å². The maximum Gasteiger partial charge on any atom is 0.219 e. The lowest BCUT2D eigenvalue weighted by molar-refractivity contribution is -0.118. The molecule has 0 saturated heterocycles. The van der Waals surface area contributed by atoms with Crippen LogP contribution in [0.25, 0.3) is 10.4 Å². The van der Waals surface area contributed by atoms with Gasteiger partial charge in [0.2, 0.25) is 5.91 Å². The molecule has 0 saturated carbocycles. The predicted octanol–water partition coefficient (Wildman–Crippen LogP) is 4.25. The zero-order valence-corrected chi connectivity index (χ0v) is 11.6. The lowest BCUT2D eigenvalue weighted by Gasteiger charge is -2.19. The lowest BCUT2D eigenvalue weighted by atomic mass is 9.86. The minimum absolute atomic E-state index is 0.0716. The van der Waals surface area contributed by atoms with Gasteiger partial charge in [-0.2, -0.15) is 0 Å². The van der Waals surface area contributed by atoms with Crippen molar-refractivity contribution in [2.24, 2.45) is 5.11 Å². The summed E-state index contributed by atoms with van der Waals surface area (Å²) in [7, 11) is 0. The van der Waals surface area contributed by atoms with E-state index >= 15 is 0 Å². The van der Waals surface area contributed by atoms with Gasteiger partial charge in [0.05, 0.1) is 0 Å². The second-order valence-electron chi connectivity index (χ2n) is 4.86. The molecule has 4 nitrogen and oxygen atoms in total. The third kappa shape index (κ3) is 2.90. The van der Waals surface area contributed by atoms with E-state index in [1.807, 2.05) is 6.92 Å². The Balaban J connectivity index is 3.13. The summed E-state index contributed by atoms with van der Waals surface area (Å²) in [6.07, 6.45) is 0.258. The molecule has 1 amide bonds. The van der Waals surface area contributed by atoms with Crippen LogP contribution < -0.4 is 0 Å². The number of hydrogen-bond donors (Lipinski definition) is 0. The molecule has 0 aliphatic rings. The van der Waals surface area contributed by atoms with E-state index < -0.39 is 5.91 Å². The number of azide groups is 1. The van der Waals surface area contributed by atoms with Crippen molar-refractivity contribution in [3.05, 3.63) is 44.3 Å². The zero-order valence-electron chi connectivity index (χ0n) is 11.6. The molecule has 0 aromatic heterocycles.